The van der Waals surface area contributed by atoms with Crippen molar-refractivity contribution >= 4 is 21.7 Å². The number of primary sulfonamides is 1. The van der Waals surface area contributed by atoms with Gasteiger partial charge in [0.05, 0.1) is 10.9 Å². The van der Waals surface area contributed by atoms with E-state index >= 15 is 0 Å². The lowest BCUT2D eigenvalue weighted by atomic mass is 9.91. The Hall–Kier alpha value is -1.64. The van der Waals surface area contributed by atoms with Crippen molar-refractivity contribution in [3.63, 3.8) is 0 Å². The first-order chi connectivity index (χ1) is 13.4. The summed E-state index contributed by atoms with van der Waals surface area (Å²) in [4.78, 5) is 5.03. The smallest absolute Gasteiger partial charge is 0.238 e. The Morgan fingerprint density at radius 2 is 1.54 bits per heavy atom. The second-order valence-corrected chi connectivity index (χ2v) is 9.58. The summed E-state index contributed by atoms with van der Waals surface area (Å²) in [5, 5.41) is 12.1. The summed E-state index contributed by atoms with van der Waals surface area (Å²) in [6.07, 6.45) is 11.7. The SMILES string of the molecule is N[C@H]1CCCC[C@@H]1N=C(Nc1ccc(S(N)(=O)=O)cc1)NC1CCCCCC1. The summed E-state index contributed by atoms with van der Waals surface area (Å²) in [6.45, 7) is 0. The van der Waals surface area contributed by atoms with E-state index in [0.29, 0.717) is 6.04 Å². The quantitative estimate of drug-likeness (QED) is 0.347. The Labute approximate surface area is 168 Å². The van der Waals surface area contributed by atoms with Gasteiger partial charge in [0, 0.05) is 17.8 Å². The van der Waals surface area contributed by atoms with E-state index in [2.05, 4.69) is 10.6 Å². The minimum Gasteiger partial charge on any atom is -0.353 e. The largest absolute Gasteiger partial charge is 0.353 e. The van der Waals surface area contributed by atoms with Crippen molar-refractivity contribution in [2.45, 2.75) is 87.2 Å². The fourth-order valence-corrected chi connectivity index (χ4v) is 4.57. The van der Waals surface area contributed by atoms with E-state index in [1.165, 1.54) is 44.2 Å². The lowest BCUT2D eigenvalue weighted by Crippen LogP contribution is -2.43. The molecule has 0 saturated heterocycles. The van der Waals surface area contributed by atoms with E-state index in [-0.39, 0.29) is 17.0 Å². The van der Waals surface area contributed by atoms with Gasteiger partial charge in [-0.15, -0.1) is 0 Å². The van der Waals surface area contributed by atoms with Crippen LogP contribution in [0.4, 0.5) is 5.69 Å². The molecule has 8 heteroatoms. The Morgan fingerprint density at radius 1 is 0.929 bits per heavy atom. The van der Waals surface area contributed by atoms with Crippen molar-refractivity contribution < 1.29 is 8.42 Å². The number of sulfonamides is 1. The lowest BCUT2D eigenvalue weighted by Gasteiger charge is -2.28. The van der Waals surface area contributed by atoms with Crippen LogP contribution in [-0.4, -0.2) is 32.5 Å². The second kappa shape index (κ2) is 9.71. The van der Waals surface area contributed by atoms with Gasteiger partial charge in [-0.05, 0) is 49.9 Å². The third kappa shape index (κ3) is 6.18. The molecule has 6 N–H and O–H groups in total. The molecule has 1 aromatic carbocycles. The molecule has 2 aliphatic carbocycles. The molecule has 1 aromatic rings. The summed E-state index contributed by atoms with van der Waals surface area (Å²) >= 11 is 0. The maximum absolute atomic E-state index is 11.5. The van der Waals surface area contributed by atoms with Crippen molar-refractivity contribution in [2.24, 2.45) is 15.9 Å². The van der Waals surface area contributed by atoms with Crippen LogP contribution in [0.3, 0.4) is 0 Å². The number of hydrogen-bond donors (Lipinski definition) is 4. The first-order valence-electron chi connectivity index (χ1n) is 10.4. The zero-order valence-electron chi connectivity index (χ0n) is 16.4. The molecule has 0 spiro atoms. The van der Waals surface area contributed by atoms with Gasteiger partial charge in [-0.25, -0.2) is 18.5 Å². The monoisotopic (exact) mass is 407 g/mol. The molecule has 0 unspecified atom stereocenters. The van der Waals surface area contributed by atoms with Crippen molar-refractivity contribution in [2.75, 3.05) is 5.32 Å². The second-order valence-electron chi connectivity index (χ2n) is 8.02. The molecule has 0 aromatic heterocycles. The third-order valence-electron chi connectivity index (χ3n) is 5.72. The van der Waals surface area contributed by atoms with Gasteiger partial charge in [0.15, 0.2) is 5.96 Å². The molecular weight excluding hydrogens is 374 g/mol. The van der Waals surface area contributed by atoms with E-state index < -0.39 is 10.0 Å². The van der Waals surface area contributed by atoms with Crippen LogP contribution in [0.15, 0.2) is 34.2 Å². The molecule has 0 heterocycles. The van der Waals surface area contributed by atoms with Gasteiger partial charge in [0.2, 0.25) is 10.0 Å². The number of guanidine groups is 1. The lowest BCUT2D eigenvalue weighted by molar-refractivity contribution is 0.385. The molecule has 2 aliphatic rings. The van der Waals surface area contributed by atoms with Gasteiger partial charge < -0.3 is 16.4 Å². The summed E-state index contributed by atoms with van der Waals surface area (Å²) in [5.74, 6) is 0.734. The van der Waals surface area contributed by atoms with E-state index in [1.54, 1.807) is 12.1 Å². The highest BCUT2D eigenvalue weighted by atomic mass is 32.2. The first kappa shape index (κ1) is 21.1. The fraction of sp³-hybridized carbons (Fsp3) is 0.650. The van der Waals surface area contributed by atoms with Crippen molar-refractivity contribution in [1.29, 1.82) is 0 Å². The number of anilines is 1. The molecule has 2 fully saturated rings. The maximum Gasteiger partial charge on any atom is 0.238 e. The number of nitrogens with two attached hydrogens (primary N) is 2. The third-order valence-corrected chi connectivity index (χ3v) is 6.65. The maximum atomic E-state index is 11.5. The predicted molar refractivity (Wildman–Crippen MR) is 114 cm³/mol. The highest BCUT2D eigenvalue weighted by Gasteiger charge is 2.23. The highest BCUT2D eigenvalue weighted by molar-refractivity contribution is 7.89. The molecule has 3 rings (SSSR count). The fourth-order valence-electron chi connectivity index (χ4n) is 4.05. The van der Waals surface area contributed by atoms with Crippen LogP contribution < -0.4 is 21.5 Å². The number of aliphatic imine (C=N–C) groups is 1. The zero-order valence-corrected chi connectivity index (χ0v) is 17.3. The van der Waals surface area contributed by atoms with Crippen LogP contribution >= 0.6 is 0 Å². The van der Waals surface area contributed by atoms with E-state index in [0.717, 1.165) is 43.8 Å². The van der Waals surface area contributed by atoms with Gasteiger partial charge >= 0.3 is 0 Å². The van der Waals surface area contributed by atoms with Gasteiger partial charge in [-0.1, -0.05) is 38.5 Å². The average Bonchev–Trinajstić information content (AvgIpc) is 2.92. The highest BCUT2D eigenvalue weighted by Crippen LogP contribution is 2.21. The summed E-state index contributed by atoms with van der Waals surface area (Å²) in [7, 11) is -3.69. The Kier molecular flexibility index (Phi) is 7.31. The van der Waals surface area contributed by atoms with Gasteiger partial charge in [0.25, 0.3) is 0 Å². The molecule has 2 saturated carbocycles. The van der Waals surface area contributed by atoms with Crippen LogP contribution in [0.5, 0.6) is 0 Å². The molecule has 0 amide bonds. The molecular formula is C20H33N5O2S. The average molecular weight is 408 g/mol. The number of rotatable bonds is 4. The first-order valence-corrected chi connectivity index (χ1v) is 12.0. The molecule has 28 heavy (non-hydrogen) atoms. The van der Waals surface area contributed by atoms with Gasteiger partial charge in [0.1, 0.15) is 0 Å². The summed E-state index contributed by atoms with van der Waals surface area (Å²) in [5.41, 5.74) is 7.08. The van der Waals surface area contributed by atoms with Crippen molar-refractivity contribution in [1.82, 2.24) is 5.32 Å². The Bertz CT molecular complexity index is 755. The molecule has 0 bridgehead atoms. The Morgan fingerprint density at radius 3 is 2.14 bits per heavy atom. The summed E-state index contributed by atoms with van der Waals surface area (Å²) < 4.78 is 22.9. The van der Waals surface area contributed by atoms with Crippen LogP contribution in [-0.2, 0) is 10.0 Å². The number of hydrogen-bond acceptors (Lipinski definition) is 4. The number of nitrogens with zero attached hydrogens (tertiary/aromatic N) is 1. The minimum absolute atomic E-state index is 0.0891. The van der Waals surface area contributed by atoms with Crippen LogP contribution in [0.25, 0.3) is 0 Å². The molecule has 7 nitrogen and oxygen atoms in total. The topological polar surface area (TPSA) is 123 Å². The van der Waals surface area contributed by atoms with Gasteiger partial charge in [-0.3, -0.25) is 0 Å². The van der Waals surface area contributed by atoms with Crippen LogP contribution in [0.1, 0.15) is 64.2 Å². The van der Waals surface area contributed by atoms with E-state index in [4.69, 9.17) is 15.9 Å². The van der Waals surface area contributed by atoms with Crippen LogP contribution in [0.2, 0.25) is 0 Å². The molecule has 0 radical (unpaired) electrons. The van der Waals surface area contributed by atoms with Gasteiger partial charge in [-0.2, -0.15) is 0 Å². The predicted octanol–water partition coefficient (Wildman–Crippen LogP) is 2.68. The summed E-state index contributed by atoms with van der Waals surface area (Å²) in [6, 6.07) is 7.04. The number of benzene rings is 1. The standard InChI is InChI=1S/C20H33N5O2S/c21-18-9-5-6-10-19(18)25-20(23-15-7-3-1-2-4-8-15)24-16-11-13-17(14-12-16)28(22,26)27/h11-15,18-19H,1-10,21H2,(H2,22,26,27)(H2,23,24,25)/t18-,19-/m0/s1. The van der Waals surface area contributed by atoms with E-state index in [1.807, 2.05) is 0 Å². The van der Waals surface area contributed by atoms with Crippen LogP contribution in [0, 0.1) is 0 Å². The Balaban J connectivity index is 1.76. The molecule has 2 atom stereocenters. The molecule has 156 valence electrons. The minimum atomic E-state index is -3.69. The van der Waals surface area contributed by atoms with Crippen molar-refractivity contribution in [3.05, 3.63) is 24.3 Å². The zero-order chi connectivity index (χ0) is 20.0. The number of nitrogens with one attached hydrogen (secondary N) is 2. The normalized spacial score (nSPS) is 25.1. The molecule has 0 aliphatic heterocycles. The van der Waals surface area contributed by atoms with E-state index in [9.17, 15) is 8.42 Å². The van der Waals surface area contributed by atoms with Crippen molar-refractivity contribution in [3.8, 4) is 0 Å².